The molecule has 2 unspecified atom stereocenters. The van der Waals surface area contributed by atoms with Crippen LogP contribution in [0, 0.1) is 0 Å². The summed E-state index contributed by atoms with van der Waals surface area (Å²) in [6.07, 6.45) is 1.03. The van der Waals surface area contributed by atoms with E-state index in [0.717, 1.165) is 16.8 Å². The number of esters is 1. The average molecular weight is 447 g/mol. The number of carbonyl (C=O) groups is 1. The molecule has 0 spiro atoms. The quantitative estimate of drug-likeness (QED) is 0.0915. The van der Waals surface area contributed by atoms with Crippen molar-refractivity contribution in [1.29, 1.82) is 0 Å². The Morgan fingerprint density at radius 3 is 2.30 bits per heavy atom. The molecule has 30 heavy (non-hydrogen) atoms. The van der Waals surface area contributed by atoms with Gasteiger partial charge in [-0.05, 0) is 61.4 Å². The Morgan fingerprint density at radius 1 is 1.10 bits per heavy atom. The maximum Gasteiger partial charge on any atom is 0.328 e. The van der Waals surface area contributed by atoms with Crippen LogP contribution in [0.4, 0.5) is 0 Å². The van der Waals surface area contributed by atoms with Crippen molar-refractivity contribution >= 4 is 35.5 Å². The van der Waals surface area contributed by atoms with E-state index in [1.807, 2.05) is 35.7 Å². The molecule has 2 aromatic carbocycles. The van der Waals surface area contributed by atoms with Crippen molar-refractivity contribution in [1.82, 2.24) is 0 Å². The molecule has 160 valence electrons. The van der Waals surface area contributed by atoms with Gasteiger partial charge in [0.2, 0.25) is 0 Å². The van der Waals surface area contributed by atoms with Crippen molar-refractivity contribution < 1.29 is 14.3 Å². The number of carbonyl (C=O) groups excluding carboxylic acids is 1. The van der Waals surface area contributed by atoms with Crippen LogP contribution in [0.1, 0.15) is 12.8 Å². The lowest BCUT2D eigenvalue weighted by Gasteiger charge is -2.11. The molecule has 1 saturated heterocycles. The fourth-order valence-corrected chi connectivity index (χ4v) is 4.32. The highest BCUT2D eigenvalue weighted by atomic mass is 32.2. The van der Waals surface area contributed by atoms with Crippen LogP contribution in [0.25, 0.3) is 0 Å². The molecule has 2 atom stereocenters. The first-order valence-corrected chi connectivity index (χ1v) is 11.7. The summed E-state index contributed by atoms with van der Waals surface area (Å²) >= 11 is 3.88. The van der Waals surface area contributed by atoms with Gasteiger partial charge in [0, 0.05) is 28.2 Å². The Kier molecular flexibility index (Phi) is 8.30. The van der Waals surface area contributed by atoms with Crippen LogP contribution in [0.15, 0.2) is 58.4 Å². The van der Waals surface area contributed by atoms with Crippen molar-refractivity contribution in [2.24, 2.45) is 22.2 Å². The molecule has 0 saturated carbocycles. The van der Waals surface area contributed by atoms with E-state index in [1.54, 1.807) is 24.3 Å². The number of hydrogen-bond acceptors (Lipinski definition) is 7. The minimum Gasteiger partial charge on any atom is -0.457 e. The van der Waals surface area contributed by atoms with Gasteiger partial charge in [0.15, 0.2) is 5.96 Å². The molecule has 1 fully saturated rings. The van der Waals surface area contributed by atoms with Gasteiger partial charge in [0.25, 0.3) is 0 Å². The van der Waals surface area contributed by atoms with Gasteiger partial charge in [-0.1, -0.05) is 0 Å². The van der Waals surface area contributed by atoms with Crippen molar-refractivity contribution in [3.8, 4) is 17.2 Å². The molecule has 9 heteroatoms. The molecule has 1 heterocycles. The van der Waals surface area contributed by atoms with E-state index in [9.17, 15) is 4.79 Å². The summed E-state index contributed by atoms with van der Waals surface area (Å²) in [6.45, 7) is 0.425. The second kappa shape index (κ2) is 11.1. The number of benzene rings is 2. The zero-order chi connectivity index (χ0) is 21.3. The minimum atomic E-state index is -0.731. The standard InChI is InChI=1S/C21H26N4O3S2/c22-19(2-1-11-25-21(23)24)20(26)28-16-5-3-14(4-6-16)27-15-7-9-17(10-8-15)29-12-18-13-30-18/h3-10,18-19H,1-2,11-13,22H2,(H4,23,24,25). The summed E-state index contributed by atoms with van der Waals surface area (Å²) < 4.78 is 11.2. The summed E-state index contributed by atoms with van der Waals surface area (Å²) in [5.74, 6) is 3.80. The number of guanidine groups is 1. The maximum atomic E-state index is 12.1. The number of ether oxygens (including phenoxy) is 2. The van der Waals surface area contributed by atoms with Crippen molar-refractivity contribution in [2.75, 3.05) is 18.1 Å². The molecular formula is C21H26N4O3S2. The number of rotatable bonds is 11. The molecule has 0 amide bonds. The van der Waals surface area contributed by atoms with Gasteiger partial charge in [-0.25, -0.2) is 4.79 Å². The molecular weight excluding hydrogens is 420 g/mol. The Balaban J connectivity index is 1.43. The van der Waals surface area contributed by atoms with Gasteiger partial charge >= 0.3 is 5.97 Å². The molecule has 1 aliphatic rings. The normalized spacial score (nSPS) is 15.8. The van der Waals surface area contributed by atoms with Crippen molar-refractivity contribution in [2.45, 2.75) is 29.0 Å². The first-order valence-electron chi connectivity index (χ1n) is 9.64. The topological polar surface area (TPSA) is 126 Å². The van der Waals surface area contributed by atoms with E-state index >= 15 is 0 Å². The third-order valence-electron chi connectivity index (χ3n) is 4.21. The summed E-state index contributed by atoms with van der Waals surface area (Å²) in [5.41, 5.74) is 16.4. The number of nitrogens with zero attached hydrogens (tertiary/aromatic N) is 1. The summed E-state index contributed by atoms with van der Waals surface area (Å²) in [7, 11) is 0. The van der Waals surface area contributed by atoms with Gasteiger partial charge < -0.3 is 26.7 Å². The fourth-order valence-electron chi connectivity index (χ4n) is 2.50. The second-order valence-electron chi connectivity index (χ2n) is 6.79. The zero-order valence-corrected chi connectivity index (χ0v) is 18.2. The SMILES string of the molecule is NC(N)=NCCCC(N)C(=O)Oc1ccc(Oc2ccc(SCC3CS3)cc2)cc1. The molecule has 0 aromatic heterocycles. The molecule has 0 radical (unpaired) electrons. The average Bonchev–Trinajstić information content (AvgIpc) is 3.56. The predicted octanol–water partition coefficient (Wildman–Crippen LogP) is 2.97. The molecule has 0 aliphatic carbocycles. The number of nitrogens with two attached hydrogens (primary N) is 3. The minimum absolute atomic E-state index is 0.0241. The van der Waals surface area contributed by atoms with Crippen LogP contribution in [0.2, 0.25) is 0 Å². The monoisotopic (exact) mass is 446 g/mol. The van der Waals surface area contributed by atoms with Gasteiger partial charge in [-0.15, -0.1) is 11.8 Å². The van der Waals surface area contributed by atoms with Crippen LogP contribution in [0.3, 0.4) is 0 Å². The fraction of sp³-hybridized carbons (Fsp3) is 0.333. The van der Waals surface area contributed by atoms with Crippen LogP contribution in [-0.4, -0.2) is 41.3 Å². The lowest BCUT2D eigenvalue weighted by Crippen LogP contribution is -2.34. The first-order chi connectivity index (χ1) is 14.5. The lowest BCUT2D eigenvalue weighted by molar-refractivity contribution is -0.136. The molecule has 2 aromatic rings. The Bertz CT molecular complexity index is 852. The molecule has 3 rings (SSSR count). The van der Waals surface area contributed by atoms with E-state index in [-0.39, 0.29) is 5.96 Å². The van der Waals surface area contributed by atoms with Crippen LogP contribution in [-0.2, 0) is 4.79 Å². The van der Waals surface area contributed by atoms with E-state index in [2.05, 4.69) is 17.1 Å². The number of aliphatic imine (C=N–C) groups is 1. The van der Waals surface area contributed by atoms with Crippen LogP contribution in [0.5, 0.6) is 17.2 Å². The van der Waals surface area contributed by atoms with Gasteiger partial charge in [0.1, 0.15) is 23.3 Å². The maximum absolute atomic E-state index is 12.1. The van der Waals surface area contributed by atoms with Crippen LogP contribution >= 0.6 is 23.5 Å². The summed E-state index contributed by atoms with van der Waals surface area (Å²) in [4.78, 5) is 17.2. The summed E-state index contributed by atoms with van der Waals surface area (Å²) in [6, 6.07) is 14.2. The highest BCUT2D eigenvalue weighted by Gasteiger charge is 2.22. The van der Waals surface area contributed by atoms with E-state index in [1.165, 1.54) is 10.6 Å². The number of thioether (sulfide) groups is 2. The highest BCUT2D eigenvalue weighted by Crippen LogP contribution is 2.35. The first kappa shape index (κ1) is 22.3. The second-order valence-corrected chi connectivity index (χ2v) is 9.21. The molecule has 7 nitrogen and oxygen atoms in total. The summed E-state index contributed by atoms with van der Waals surface area (Å²) in [5, 5.41) is 0.817. The van der Waals surface area contributed by atoms with Crippen molar-refractivity contribution in [3.05, 3.63) is 48.5 Å². The Morgan fingerprint density at radius 2 is 1.70 bits per heavy atom. The van der Waals surface area contributed by atoms with E-state index in [4.69, 9.17) is 26.7 Å². The highest BCUT2D eigenvalue weighted by molar-refractivity contribution is 8.08. The van der Waals surface area contributed by atoms with Gasteiger partial charge in [-0.2, -0.15) is 11.8 Å². The largest absolute Gasteiger partial charge is 0.457 e. The van der Waals surface area contributed by atoms with E-state index < -0.39 is 12.0 Å². The third-order valence-corrected chi connectivity index (χ3v) is 6.57. The van der Waals surface area contributed by atoms with Gasteiger partial charge in [0.05, 0.1) is 0 Å². The number of hydrogen-bond donors (Lipinski definition) is 3. The van der Waals surface area contributed by atoms with Crippen molar-refractivity contribution in [3.63, 3.8) is 0 Å². The van der Waals surface area contributed by atoms with Gasteiger partial charge in [-0.3, -0.25) is 4.99 Å². The van der Waals surface area contributed by atoms with E-state index in [0.29, 0.717) is 30.9 Å². The molecule has 0 bridgehead atoms. The predicted molar refractivity (Wildman–Crippen MR) is 123 cm³/mol. The lowest BCUT2D eigenvalue weighted by atomic mass is 10.2. The third kappa shape index (κ3) is 7.81. The molecule has 6 N–H and O–H groups in total. The Labute approximate surface area is 184 Å². The smallest absolute Gasteiger partial charge is 0.328 e. The zero-order valence-electron chi connectivity index (χ0n) is 16.5. The van der Waals surface area contributed by atoms with Crippen LogP contribution < -0.4 is 26.7 Å². The Hall–Kier alpha value is -2.36. The molecule has 1 aliphatic heterocycles.